The van der Waals surface area contributed by atoms with Gasteiger partial charge < -0.3 is 15.7 Å². The zero-order chi connectivity index (χ0) is 15.0. The number of carboxylic acids is 1. The standard InChI is InChI=1S/C14H22N2O4/c1-2-3-5-11(14(19)20)16-12(17)6-4-9-15-13(18)10-7-8-10/h2-3,10-11H,4-9H2,1H3,(H,15,18)(H,16,17)(H,19,20)/b3-2+. The first-order valence-corrected chi connectivity index (χ1v) is 6.95. The van der Waals surface area contributed by atoms with Crippen LogP contribution in [0.15, 0.2) is 12.2 Å². The summed E-state index contributed by atoms with van der Waals surface area (Å²) in [6.07, 6.45) is 6.36. The Morgan fingerprint density at radius 1 is 1.35 bits per heavy atom. The Morgan fingerprint density at radius 2 is 2.05 bits per heavy atom. The molecule has 0 aromatic rings. The van der Waals surface area contributed by atoms with Crippen LogP contribution in [0.2, 0.25) is 0 Å². The Hall–Kier alpha value is -1.85. The number of hydrogen-bond donors (Lipinski definition) is 3. The molecule has 1 aliphatic rings. The van der Waals surface area contributed by atoms with Crippen molar-refractivity contribution < 1.29 is 19.5 Å². The maximum atomic E-state index is 11.6. The van der Waals surface area contributed by atoms with E-state index in [0.717, 1.165) is 12.8 Å². The van der Waals surface area contributed by atoms with E-state index in [2.05, 4.69) is 10.6 Å². The van der Waals surface area contributed by atoms with Gasteiger partial charge in [-0.1, -0.05) is 12.2 Å². The van der Waals surface area contributed by atoms with Crippen LogP contribution in [0.1, 0.15) is 39.0 Å². The Labute approximate surface area is 118 Å². The molecule has 0 radical (unpaired) electrons. The van der Waals surface area contributed by atoms with E-state index in [1.54, 1.807) is 19.1 Å². The number of hydrogen-bond acceptors (Lipinski definition) is 3. The summed E-state index contributed by atoms with van der Waals surface area (Å²) in [5, 5.41) is 14.2. The molecule has 1 aliphatic carbocycles. The average Bonchev–Trinajstić information content (AvgIpc) is 3.23. The van der Waals surface area contributed by atoms with Crippen LogP contribution < -0.4 is 10.6 Å². The molecule has 0 saturated heterocycles. The summed E-state index contributed by atoms with van der Waals surface area (Å²) in [4.78, 5) is 33.9. The summed E-state index contributed by atoms with van der Waals surface area (Å²) < 4.78 is 0. The predicted molar refractivity (Wildman–Crippen MR) is 74.0 cm³/mol. The lowest BCUT2D eigenvalue weighted by Gasteiger charge is -2.12. The molecule has 6 nitrogen and oxygen atoms in total. The van der Waals surface area contributed by atoms with Gasteiger partial charge in [0.25, 0.3) is 0 Å². The van der Waals surface area contributed by atoms with E-state index in [1.807, 2.05) is 0 Å². The predicted octanol–water partition coefficient (Wildman–Crippen LogP) is 0.828. The molecular weight excluding hydrogens is 260 g/mol. The van der Waals surface area contributed by atoms with Crippen molar-refractivity contribution >= 4 is 17.8 Å². The summed E-state index contributed by atoms with van der Waals surface area (Å²) in [5.74, 6) is -1.12. The van der Waals surface area contributed by atoms with Gasteiger partial charge >= 0.3 is 5.97 Å². The van der Waals surface area contributed by atoms with Crippen LogP contribution in [0, 0.1) is 5.92 Å². The molecule has 1 atom stereocenters. The van der Waals surface area contributed by atoms with Gasteiger partial charge in [0.05, 0.1) is 0 Å². The third-order valence-electron chi connectivity index (χ3n) is 3.07. The molecule has 1 fully saturated rings. The molecule has 0 aliphatic heterocycles. The van der Waals surface area contributed by atoms with E-state index >= 15 is 0 Å². The minimum absolute atomic E-state index is 0.0573. The summed E-state index contributed by atoms with van der Waals surface area (Å²) >= 11 is 0. The van der Waals surface area contributed by atoms with E-state index in [1.165, 1.54) is 0 Å². The summed E-state index contributed by atoms with van der Waals surface area (Å²) in [6.45, 7) is 2.25. The number of carbonyl (C=O) groups is 3. The van der Waals surface area contributed by atoms with Gasteiger partial charge in [0.1, 0.15) is 6.04 Å². The maximum Gasteiger partial charge on any atom is 0.326 e. The minimum Gasteiger partial charge on any atom is -0.480 e. The SMILES string of the molecule is C/C=C/CC(NC(=O)CCCNC(=O)C1CC1)C(=O)O. The van der Waals surface area contributed by atoms with Gasteiger partial charge in [0.2, 0.25) is 11.8 Å². The fourth-order valence-electron chi connectivity index (χ4n) is 1.71. The zero-order valence-electron chi connectivity index (χ0n) is 11.7. The summed E-state index contributed by atoms with van der Waals surface area (Å²) in [6, 6.07) is -0.889. The fourth-order valence-corrected chi connectivity index (χ4v) is 1.71. The van der Waals surface area contributed by atoms with Crippen molar-refractivity contribution in [1.82, 2.24) is 10.6 Å². The molecule has 1 unspecified atom stereocenters. The Balaban J connectivity index is 2.16. The highest BCUT2D eigenvalue weighted by atomic mass is 16.4. The number of carbonyl (C=O) groups excluding carboxylic acids is 2. The second-order valence-corrected chi connectivity index (χ2v) is 4.93. The topological polar surface area (TPSA) is 95.5 Å². The second-order valence-electron chi connectivity index (χ2n) is 4.93. The molecule has 112 valence electrons. The molecule has 0 aromatic heterocycles. The van der Waals surface area contributed by atoms with Gasteiger partial charge in [-0.15, -0.1) is 0 Å². The molecule has 20 heavy (non-hydrogen) atoms. The Morgan fingerprint density at radius 3 is 2.60 bits per heavy atom. The number of amides is 2. The van der Waals surface area contributed by atoms with Crippen molar-refractivity contribution in [3.8, 4) is 0 Å². The van der Waals surface area contributed by atoms with Crippen LogP contribution in [-0.2, 0) is 14.4 Å². The molecule has 1 saturated carbocycles. The van der Waals surface area contributed by atoms with E-state index in [9.17, 15) is 14.4 Å². The van der Waals surface area contributed by atoms with E-state index in [4.69, 9.17) is 5.11 Å². The van der Waals surface area contributed by atoms with Crippen LogP contribution in [0.4, 0.5) is 0 Å². The van der Waals surface area contributed by atoms with Crippen LogP contribution in [0.3, 0.4) is 0 Å². The van der Waals surface area contributed by atoms with Crippen molar-refractivity contribution in [2.75, 3.05) is 6.54 Å². The molecule has 2 amide bonds. The smallest absolute Gasteiger partial charge is 0.326 e. The Kier molecular flexibility index (Phi) is 6.76. The van der Waals surface area contributed by atoms with Crippen LogP contribution >= 0.6 is 0 Å². The van der Waals surface area contributed by atoms with Gasteiger partial charge in [-0.05, 0) is 32.6 Å². The van der Waals surface area contributed by atoms with Crippen molar-refractivity contribution in [3.05, 3.63) is 12.2 Å². The molecule has 3 N–H and O–H groups in total. The van der Waals surface area contributed by atoms with Crippen LogP contribution in [-0.4, -0.2) is 35.5 Å². The van der Waals surface area contributed by atoms with E-state index < -0.39 is 12.0 Å². The lowest BCUT2D eigenvalue weighted by molar-refractivity contribution is -0.141. The van der Waals surface area contributed by atoms with Crippen molar-refractivity contribution in [1.29, 1.82) is 0 Å². The van der Waals surface area contributed by atoms with Gasteiger partial charge in [-0.3, -0.25) is 9.59 Å². The summed E-state index contributed by atoms with van der Waals surface area (Å²) in [5.41, 5.74) is 0. The number of allylic oxidation sites excluding steroid dienone is 1. The molecule has 0 aromatic carbocycles. The quantitative estimate of drug-likeness (QED) is 0.431. The van der Waals surface area contributed by atoms with E-state index in [0.29, 0.717) is 13.0 Å². The highest BCUT2D eigenvalue weighted by Gasteiger charge is 2.29. The lowest BCUT2D eigenvalue weighted by Crippen LogP contribution is -2.40. The molecule has 0 heterocycles. The highest BCUT2D eigenvalue weighted by Crippen LogP contribution is 2.28. The third-order valence-corrected chi connectivity index (χ3v) is 3.07. The van der Waals surface area contributed by atoms with Gasteiger partial charge in [0.15, 0.2) is 0 Å². The average molecular weight is 282 g/mol. The Bertz CT molecular complexity index is 389. The van der Waals surface area contributed by atoms with Crippen molar-refractivity contribution in [2.45, 2.75) is 45.1 Å². The molecule has 6 heteroatoms. The molecule has 0 spiro atoms. The zero-order valence-corrected chi connectivity index (χ0v) is 11.7. The van der Waals surface area contributed by atoms with Crippen LogP contribution in [0.5, 0.6) is 0 Å². The first-order chi connectivity index (χ1) is 9.54. The van der Waals surface area contributed by atoms with Crippen molar-refractivity contribution in [2.24, 2.45) is 5.92 Å². The number of nitrogens with one attached hydrogen (secondary N) is 2. The lowest BCUT2D eigenvalue weighted by atomic mass is 10.2. The minimum atomic E-state index is -1.04. The maximum absolute atomic E-state index is 11.6. The van der Waals surface area contributed by atoms with Gasteiger partial charge in [-0.2, -0.15) is 0 Å². The van der Waals surface area contributed by atoms with Gasteiger partial charge in [0, 0.05) is 18.9 Å². The number of rotatable bonds is 9. The second kappa shape index (κ2) is 8.35. The molecule has 0 bridgehead atoms. The van der Waals surface area contributed by atoms with Gasteiger partial charge in [-0.25, -0.2) is 4.79 Å². The fraction of sp³-hybridized carbons (Fsp3) is 0.643. The first kappa shape index (κ1) is 16.2. The largest absolute Gasteiger partial charge is 0.480 e. The van der Waals surface area contributed by atoms with Crippen LogP contribution in [0.25, 0.3) is 0 Å². The van der Waals surface area contributed by atoms with E-state index in [-0.39, 0.29) is 30.6 Å². The molecular formula is C14H22N2O4. The molecule has 1 rings (SSSR count). The monoisotopic (exact) mass is 282 g/mol. The normalized spacial score (nSPS) is 15.8. The number of carboxylic acid groups (broad SMARTS) is 1. The summed E-state index contributed by atoms with van der Waals surface area (Å²) in [7, 11) is 0. The first-order valence-electron chi connectivity index (χ1n) is 6.95. The highest BCUT2D eigenvalue weighted by molar-refractivity contribution is 5.83. The third kappa shape index (κ3) is 6.36. The number of aliphatic carboxylic acids is 1. The van der Waals surface area contributed by atoms with Crippen molar-refractivity contribution in [3.63, 3.8) is 0 Å².